The number of Topliss-reactive ketones (excluding diaryl/α,β-unsaturated/α-hetero) is 1. The van der Waals surface area contributed by atoms with Crippen LogP contribution in [0, 0.1) is 0 Å². The summed E-state index contributed by atoms with van der Waals surface area (Å²) < 4.78 is 0. The fourth-order valence-electron chi connectivity index (χ4n) is 2.45. The molecule has 0 saturated carbocycles. The lowest BCUT2D eigenvalue weighted by Gasteiger charge is -2.39. The van der Waals surface area contributed by atoms with Crippen molar-refractivity contribution in [2.24, 2.45) is 0 Å². The van der Waals surface area contributed by atoms with Crippen molar-refractivity contribution in [3.05, 3.63) is 0 Å². The van der Waals surface area contributed by atoms with E-state index in [2.05, 4.69) is 23.6 Å². The second kappa shape index (κ2) is 7.02. The molecule has 1 saturated heterocycles. The fraction of sp³-hybridized carbons (Fsp3) is 0.923. The lowest BCUT2D eigenvalue weighted by Crippen LogP contribution is -2.51. The van der Waals surface area contributed by atoms with Gasteiger partial charge in [0, 0.05) is 32.1 Å². The highest BCUT2D eigenvalue weighted by atomic mass is 16.1. The Hall–Kier alpha value is -0.410. The second-order valence-electron chi connectivity index (χ2n) is 4.94. The molecule has 0 bridgehead atoms. The van der Waals surface area contributed by atoms with Gasteiger partial charge in [-0.15, -0.1) is 0 Å². The second-order valence-corrected chi connectivity index (χ2v) is 4.94. The molecular formula is C13H26N2O. The summed E-state index contributed by atoms with van der Waals surface area (Å²) in [4.78, 5) is 15.9. The molecule has 3 heteroatoms. The first-order chi connectivity index (χ1) is 7.63. The Kier molecular flexibility index (Phi) is 5.99. The zero-order valence-electron chi connectivity index (χ0n) is 11.0. The van der Waals surface area contributed by atoms with Crippen molar-refractivity contribution in [3.63, 3.8) is 0 Å². The molecule has 1 heterocycles. The zero-order valence-corrected chi connectivity index (χ0v) is 11.0. The van der Waals surface area contributed by atoms with Gasteiger partial charge in [0.25, 0.3) is 0 Å². The Morgan fingerprint density at radius 3 is 2.62 bits per heavy atom. The van der Waals surface area contributed by atoms with Crippen molar-refractivity contribution < 1.29 is 4.79 Å². The molecule has 94 valence electrons. The Bertz CT molecular complexity index is 218. The normalized spacial score (nSPS) is 23.6. The fourth-order valence-corrected chi connectivity index (χ4v) is 2.45. The number of rotatable bonds is 6. The molecule has 0 aromatic carbocycles. The van der Waals surface area contributed by atoms with Crippen molar-refractivity contribution in [1.29, 1.82) is 0 Å². The molecule has 0 aromatic heterocycles. The number of piperazine rings is 1. The van der Waals surface area contributed by atoms with Gasteiger partial charge in [-0.25, -0.2) is 0 Å². The Morgan fingerprint density at radius 1 is 1.31 bits per heavy atom. The third-order valence-corrected chi connectivity index (χ3v) is 3.51. The lowest BCUT2D eigenvalue weighted by atomic mass is 10.1. The molecule has 1 unspecified atom stereocenters. The monoisotopic (exact) mass is 226 g/mol. The molecule has 0 spiro atoms. The number of hydrogen-bond donors (Lipinski definition) is 0. The van der Waals surface area contributed by atoms with Crippen LogP contribution in [0.5, 0.6) is 0 Å². The summed E-state index contributed by atoms with van der Waals surface area (Å²) in [7, 11) is 0. The number of carbonyl (C=O) groups excluding carboxylic acids is 1. The highest BCUT2D eigenvalue weighted by Gasteiger charge is 2.21. The van der Waals surface area contributed by atoms with E-state index >= 15 is 0 Å². The van der Waals surface area contributed by atoms with E-state index in [9.17, 15) is 4.79 Å². The minimum Gasteiger partial charge on any atom is -0.301 e. The van der Waals surface area contributed by atoms with E-state index in [0.29, 0.717) is 11.8 Å². The van der Waals surface area contributed by atoms with Gasteiger partial charge < -0.3 is 9.69 Å². The van der Waals surface area contributed by atoms with Crippen LogP contribution < -0.4 is 0 Å². The van der Waals surface area contributed by atoms with Gasteiger partial charge in [0.15, 0.2) is 0 Å². The maximum atomic E-state index is 10.8. The summed E-state index contributed by atoms with van der Waals surface area (Å²) in [6, 6.07) is 0.687. The van der Waals surface area contributed by atoms with Crippen LogP contribution in [0.15, 0.2) is 0 Å². The minimum absolute atomic E-state index is 0.323. The minimum atomic E-state index is 0.323. The van der Waals surface area contributed by atoms with Gasteiger partial charge in [-0.2, -0.15) is 0 Å². The van der Waals surface area contributed by atoms with Crippen molar-refractivity contribution in [2.75, 3.05) is 32.7 Å². The number of ketones is 1. The molecule has 1 aliphatic heterocycles. The van der Waals surface area contributed by atoms with Gasteiger partial charge in [-0.05, 0) is 39.8 Å². The molecular weight excluding hydrogens is 200 g/mol. The molecule has 3 nitrogen and oxygen atoms in total. The van der Waals surface area contributed by atoms with E-state index in [-0.39, 0.29) is 0 Å². The highest BCUT2D eigenvalue weighted by molar-refractivity contribution is 5.75. The smallest absolute Gasteiger partial charge is 0.129 e. The third-order valence-electron chi connectivity index (χ3n) is 3.51. The molecule has 1 rings (SSSR count). The van der Waals surface area contributed by atoms with Crippen LogP contribution in [0.4, 0.5) is 0 Å². The van der Waals surface area contributed by atoms with Gasteiger partial charge in [0.1, 0.15) is 5.78 Å². The third kappa shape index (κ3) is 4.62. The Balaban J connectivity index is 2.13. The van der Waals surface area contributed by atoms with Crippen molar-refractivity contribution in [3.8, 4) is 0 Å². The lowest BCUT2D eigenvalue weighted by molar-refractivity contribution is -0.117. The largest absolute Gasteiger partial charge is 0.301 e. The van der Waals surface area contributed by atoms with E-state index in [0.717, 1.165) is 19.4 Å². The summed E-state index contributed by atoms with van der Waals surface area (Å²) in [6.07, 6.45) is 2.97. The van der Waals surface area contributed by atoms with Gasteiger partial charge in [0.05, 0.1) is 0 Å². The topological polar surface area (TPSA) is 23.6 Å². The summed E-state index contributed by atoms with van der Waals surface area (Å²) >= 11 is 0. The number of likely N-dealkylation sites (N-methyl/N-ethyl adjacent to an activating group) is 1. The average Bonchev–Trinajstić information content (AvgIpc) is 2.24. The maximum absolute atomic E-state index is 10.8. The maximum Gasteiger partial charge on any atom is 0.129 e. The summed E-state index contributed by atoms with van der Waals surface area (Å²) in [5.41, 5.74) is 0. The van der Waals surface area contributed by atoms with Crippen LogP contribution in [0.2, 0.25) is 0 Å². The van der Waals surface area contributed by atoms with E-state index in [1.807, 2.05) is 0 Å². The molecule has 1 fully saturated rings. The van der Waals surface area contributed by atoms with E-state index in [1.165, 1.54) is 32.6 Å². The zero-order chi connectivity index (χ0) is 12.0. The molecule has 1 atom stereocenters. The first-order valence-corrected chi connectivity index (χ1v) is 6.59. The predicted octanol–water partition coefficient (Wildman–Crippen LogP) is 1.77. The quantitative estimate of drug-likeness (QED) is 0.645. The SMILES string of the molecule is CCN1CCN(CCCCC(C)=O)CC1C. The number of unbranched alkanes of at least 4 members (excludes halogenated alkanes) is 1. The van der Waals surface area contributed by atoms with Crippen LogP contribution >= 0.6 is 0 Å². The van der Waals surface area contributed by atoms with Crippen LogP contribution in [-0.4, -0.2) is 54.3 Å². The Labute approximate surface area is 99.8 Å². The Morgan fingerprint density at radius 2 is 2.06 bits per heavy atom. The van der Waals surface area contributed by atoms with Crippen LogP contribution in [0.3, 0.4) is 0 Å². The standard InChI is InChI=1S/C13H26N2O/c1-4-15-10-9-14(11-12(15)2)8-6-5-7-13(3)16/h12H,4-11H2,1-3H3. The van der Waals surface area contributed by atoms with Crippen molar-refractivity contribution >= 4 is 5.78 Å². The molecule has 1 aliphatic rings. The highest BCUT2D eigenvalue weighted by Crippen LogP contribution is 2.10. The molecule has 0 amide bonds. The number of carbonyl (C=O) groups is 1. The number of hydrogen-bond acceptors (Lipinski definition) is 3. The number of nitrogens with zero attached hydrogens (tertiary/aromatic N) is 2. The summed E-state index contributed by atoms with van der Waals surface area (Å²) in [5.74, 6) is 0.323. The summed E-state index contributed by atoms with van der Waals surface area (Å²) in [5, 5.41) is 0. The molecule has 16 heavy (non-hydrogen) atoms. The molecule has 0 radical (unpaired) electrons. The van der Waals surface area contributed by atoms with Gasteiger partial charge >= 0.3 is 0 Å². The van der Waals surface area contributed by atoms with E-state index < -0.39 is 0 Å². The van der Waals surface area contributed by atoms with Crippen molar-refractivity contribution in [2.45, 2.75) is 46.1 Å². The van der Waals surface area contributed by atoms with Gasteiger partial charge in [0.2, 0.25) is 0 Å². The van der Waals surface area contributed by atoms with E-state index in [1.54, 1.807) is 6.92 Å². The average molecular weight is 226 g/mol. The van der Waals surface area contributed by atoms with Crippen LogP contribution in [-0.2, 0) is 4.79 Å². The van der Waals surface area contributed by atoms with Gasteiger partial charge in [-0.3, -0.25) is 4.90 Å². The molecule has 0 aliphatic carbocycles. The predicted molar refractivity (Wildman–Crippen MR) is 67.7 cm³/mol. The van der Waals surface area contributed by atoms with E-state index in [4.69, 9.17) is 0 Å². The first kappa shape index (κ1) is 13.7. The first-order valence-electron chi connectivity index (χ1n) is 6.59. The van der Waals surface area contributed by atoms with Gasteiger partial charge in [-0.1, -0.05) is 6.92 Å². The van der Waals surface area contributed by atoms with Crippen LogP contribution in [0.1, 0.15) is 40.0 Å². The van der Waals surface area contributed by atoms with Crippen molar-refractivity contribution in [1.82, 2.24) is 9.80 Å². The molecule has 0 aromatic rings. The summed E-state index contributed by atoms with van der Waals surface area (Å²) in [6.45, 7) is 12.1. The molecule has 0 N–H and O–H groups in total. The van der Waals surface area contributed by atoms with Crippen LogP contribution in [0.25, 0.3) is 0 Å².